The summed E-state index contributed by atoms with van der Waals surface area (Å²) < 4.78 is 0. The van der Waals surface area contributed by atoms with Crippen LogP contribution < -0.4 is 0 Å². The van der Waals surface area contributed by atoms with Crippen molar-refractivity contribution in [3.05, 3.63) is 0 Å². The number of hydrogen-bond acceptors (Lipinski definition) is 3. The molecule has 3 heteroatoms. The van der Waals surface area contributed by atoms with Gasteiger partial charge in [-0.05, 0) is 25.7 Å². The molecule has 24 heavy (non-hydrogen) atoms. The predicted molar refractivity (Wildman–Crippen MR) is 105 cm³/mol. The van der Waals surface area contributed by atoms with Gasteiger partial charge in [0, 0.05) is 17.6 Å². The van der Waals surface area contributed by atoms with E-state index >= 15 is 0 Å². The highest BCUT2D eigenvalue weighted by atomic mass is 32.2. The maximum atomic E-state index is 13.0. The molecule has 2 saturated carbocycles. The van der Waals surface area contributed by atoms with Crippen molar-refractivity contribution in [2.75, 3.05) is 5.75 Å². The molecular weight excluding hydrogens is 314 g/mol. The van der Waals surface area contributed by atoms with Gasteiger partial charge >= 0.3 is 0 Å². The SMILES string of the molecule is O=C(C1CCCCCCCC1)C1CSC(C2CCCCCCC2)=N1. The highest BCUT2D eigenvalue weighted by Crippen LogP contribution is 2.34. The lowest BCUT2D eigenvalue weighted by Gasteiger charge is -2.19. The normalized spacial score (nSPS) is 29.0. The third-order valence-corrected chi connectivity index (χ3v) is 7.43. The number of ketones is 1. The third-order valence-electron chi connectivity index (χ3n) is 6.21. The van der Waals surface area contributed by atoms with Gasteiger partial charge < -0.3 is 0 Å². The fourth-order valence-electron chi connectivity index (χ4n) is 4.65. The van der Waals surface area contributed by atoms with Crippen LogP contribution in [-0.4, -0.2) is 22.6 Å². The van der Waals surface area contributed by atoms with Crippen molar-refractivity contribution in [1.29, 1.82) is 0 Å². The highest BCUT2D eigenvalue weighted by molar-refractivity contribution is 8.14. The van der Waals surface area contributed by atoms with Crippen molar-refractivity contribution < 1.29 is 4.79 Å². The number of aliphatic imine (C=N–C) groups is 1. The van der Waals surface area contributed by atoms with Gasteiger partial charge in [0.1, 0.15) is 6.04 Å². The monoisotopic (exact) mass is 349 g/mol. The Morgan fingerprint density at radius 3 is 1.83 bits per heavy atom. The summed E-state index contributed by atoms with van der Waals surface area (Å²) >= 11 is 1.91. The average molecular weight is 350 g/mol. The molecule has 1 heterocycles. The third kappa shape index (κ3) is 5.34. The molecule has 136 valence electrons. The zero-order valence-electron chi connectivity index (χ0n) is 15.3. The van der Waals surface area contributed by atoms with E-state index in [-0.39, 0.29) is 6.04 Å². The van der Waals surface area contributed by atoms with Crippen LogP contribution in [0.5, 0.6) is 0 Å². The first-order valence-corrected chi connectivity index (χ1v) is 11.6. The summed E-state index contributed by atoms with van der Waals surface area (Å²) in [6.45, 7) is 0. The summed E-state index contributed by atoms with van der Waals surface area (Å²) in [5.74, 6) is 2.37. The zero-order chi connectivity index (χ0) is 16.6. The molecule has 0 saturated heterocycles. The van der Waals surface area contributed by atoms with E-state index in [0.717, 1.165) is 18.6 Å². The first-order valence-electron chi connectivity index (χ1n) is 10.6. The molecule has 0 N–H and O–H groups in total. The molecule has 2 aliphatic carbocycles. The molecule has 0 aromatic heterocycles. The van der Waals surface area contributed by atoms with Crippen molar-refractivity contribution >= 4 is 22.6 Å². The van der Waals surface area contributed by atoms with Gasteiger partial charge in [-0.2, -0.15) is 0 Å². The second kappa shape index (κ2) is 9.99. The van der Waals surface area contributed by atoms with E-state index in [1.807, 2.05) is 11.8 Å². The Kier molecular flexibility index (Phi) is 7.69. The van der Waals surface area contributed by atoms with Crippen molar-refractivity contribution in [2.45, 2.75) is 102 Å². The topological polar surface area (TPSA) is 29.4 Å². The van der Waals surface area contributed by atoms with Gasteiger partial charge in [0.15, 0.2) is 5.78 Å². The molecule has 0 bridgehead atoms. The summed E-state index contributed by atoms with van der Waals surface area (Å²) in [5.41, 5.74) is 0. The summed E-state index contributed by atoms with van der Waals surface area (Å²) in [5, 5.41) is 1.33. The minimum Gasteiger partial charge on any atom is -0.297 e. The van der Waals surface area contributed by atoms with Crippen molar-refractivity contribution in [3.63, 3.8) is 0 Å². The molecule has 0 aromatic carbocycles. The molecule has 1 atom stereocenters. The molecular formula is C21H35NOS. The standard InChI is InChI=1S/C21H35NOS/c23-20(17-12-8-4-1-2-5-9-13-17)19-16-24-21(22-19)18-14-10-6-3-7-11-15-18/h17-19H,1-16H2. The van der Waals surface area contributed by atoms with E-state index < -0.39 is 0 Å². The molecule has 0 aromatic rings. The maximum absolute atomic E-state index is 13.0. The van der Waals surface area contributed by atoms with E-state index in [9.17, 15) is 4.79 Å². The van der Waals surface area contributed by atoms with E-state index in [1.165, 1.54) is 88.5 Å². The van der Waals surface area contributed by atoms with Crippen LogP contribution in [0.4, 0.5) is 0 Å². The van der Waals surface area contributed by atoms with Crippen LogP contribution in [0.2, 0.25) is 0 Å². The molecule has 1 aliphatic heterocycles. The zero-order valence-corrected chi connectivity index (χ0v) is 16.1. The number of Topliss-reactive ketones (excluding diaryl/α,β-unsaturated/α-hetero) is 1. The number of rotatable bonds is 3. The quantitative estimate of drug-likeness (QED) is 0.609. The summed E-state index contributed by atoms with van der Waals surface area (Å²) in [6.07, 6.45) is 19.6. The first kappa shape index (κ1) is 18.5. The van der Waals surface area contributed by atoms with Crippen LogP contribution in [0.15, 0.2) is 4.99 Å². The molecule has 0 spiro atoms. The molecule has 3 aliphatic rings. The minimum absolute atomic E-state index is 0.0128. The fourth-order valence-corrected chi connectivity index (χ4v) is 5.89. The second-order valence-electron chi connectivity index (χ2n) is 8.13. The molecule has 2 fully saturated rings. The van der Waals surface area contributed by atoms with Gasteiger partial charge in [-0.1, -0.05) is 70.6 Å². The summed E-state index contributed by atoms with van der Waals surface area (Å²) in [7, 11) is 0. The Bertz CT molecular complexity index is 416. The largest absolute Gasteiger partial charge is 0.297 e. The van der Waals surface area contributed by atoms with Gasteiger partial charge in [0.2, 0.25) is 0 Å². The number of thioether (sulfide) groups is 1. The number of carbonyl (C=O) groups excluding carboxylic acids is 1. The van der Waals surface area contributed by atoms with Gasteiger partial charge in [0.25, 0.3) is 0 Å². The van der Waals surface area contributed by atoms with Crippen LogP contribution in [0.3, 0.4) is 0 Å². The Morgan fingerprint density at radius 1 is 0.750 bits per heavy atom. The van der Waals surface area contributed by atoms with Gasteiger partial charge in [0.05, 0.1) is 5.04 Å². The van der Waals surface area contributed by atoms with Gasteiger partial charge in [-0.3, -0.25) is 9.79 Å². The predicted octanol–water partition coefficient (Wildman–Crippen LogP) is 6.18. The van der Waals surface area contributed by atoms with Crippen molar-refractivity contribution in [2.24, 2.45) is 16.8 Å². The first-order chi connectivity index (χ1) is 11.8. The average Bonchev–Trinajstić information content (AvgIpc) is 3.07. The summed E-state index contributed by atoms with van der Waals surface area (Å²) in [6, 6.07) is -0.0128. The van der Waals surface area contributed by atoms with Crippen LogP contribution in [-0.2, 0) is 4.79 Å². The summed E-state index contributed by atoms with van der Waals surface area (Å²) in [4.78, 5) is 18.0. The lowest BCUT2D eigenvalue weighted by molar-refractivity contribution is -0.124. The Labute approximate surface area is 152 Å². The lowest BCUT2D eigenvalue weighted by Crippen LogP contribution is -2.27. The van der Waals surface area contributed by atoms with Gasteiger partial charge in [-0.15, -0.1) is 11.8 Å². The van der Waals surface area contributed by atoms with E-state index in [0.29, 0.717) is 17.6 Å². The van der Waals surface area contributed by atoms with Gasteiger partial charge in [-0.25, -0.2) is 0 Å². The van der Waals surface area contributed by atoms with Crippen LogP contribution in [0.1, 0.15) is 96.3 Å². The molecule has 0 amide bonds. The second-order valence-corrected chi connectivity index (χ2v) is 9.17. The van der Waals surface area contributed by atoms with Crippen molar-refractivity contribution in [3.8, 4) is 0 Å². The Hall–Kier alpha value is -0.310. The smallest absolute Gasteiger partial charge is 0.161 e. The van der Waals surface area contributed by atoms with E-state index in [2.05, 4.69) is 0 Å². The molecule has 3 rings (SSSR count). The minimum atomic E-state index is -0.0128. The lowest BCUT2D eigenvalue weighted by atomic mass is 9.89. The molecule has 1 unspecified atom stereocenters. The number of hydrogen-bond donors (Lipinski definition) is 0. The molecule has 0 radical (unpaired) electrons. The highest BCUT2D eigenvalue weighted by Gasteiger charge is 2.32. The van der Waals surface area contributed by atoms with Crippen LogP contribution in [0.25, 0.3) is 0 Å². The van der Waals surface area contributed by atoms with E-state index in [1.54, 1.807) is 0 Å². The van der Waals surface area contributed by atoms with Crippen LogP contribution >= 0.6 is 11.8 Å². The number of carbonyl (C=O) groups is 1. The Morgan fingerprint density at radius 2 is 1.25 bits per heavy atom. The fraction of sp³-hybridized carbons (Fsp3) is 0.905. The Balaban J connectivity index is 1.57. The maximum Gasteiger partial charge on any atom is 0.161 e. The molecule has 2 nitrogen and oxygen atoms in total. The van der Waals surface area contributed by atoms with E-state index in [4.69, 9.17) is 4.99 Å². The number of nitrogens with zero attached hydrogens (tertiary/aromatic N) is 1. The van der Waals surface area contributed by atoms with Crippen LogP contribution in [0, 0.1) is 11.8 Å². The van der Waals surface area contributed by atoms with Crippen molar-refractivity contribution in [1.82, 2.24) is 0 Å².